The Balaban J connectivity index is 2.57. The van der Waals surface area contributed by atoms with Gasteiger partial charge in [0.1, 0.15) is 5.75 Å². The number of rotatable bonds is 6. The summed E-state index contributed by atoms with van der Waals surface area (Å²) in [6.07, 6.45) is 3.62. The number of hydrogen-bond acceptors (Lipinski definition) is 2. The SMILES string of the molecule is CCCCc1cn(CCS(F)(F)(F)(F)F)nn1. The molecule has 0 spiro atoms. The summed E-state index contributed by atoms with van der Waals surface area (Å²) in [6.45, 7) is 1.07. The van der Waals surface area contributed by atoms with Gasteiger partial charge in [0.2, 0.25) is 0 Å². The largest absolute Gasteiger partial charge is 0.287 e. The third kappa shape index (κ3) is 6.44. The fraction of sp³-hybridized carbons (Fsp3) is 0.750. The van der Waals surface area contributed by atoms with Crippen LogP contribution in [-0.4, -0.2) is 20.7 Å². The zero-order valence-electron chi connectivity index (χ0n) is 9.25. The molecule has 0 aromatic carbocycles. The first kappa shape index (κ1) is 14.2. The van der Waals surface area contributed by atoms with E-state index in [1.165, 1.54) is 6.20 Å². The standard InChI is InChI=1S/C8H14F5N3S/c1-2-3-4-8-7-16(15-14-8)5-6-17(9,10,11,12)13/h7H,2-6H2,1H3. The Hall–Kier alpha value is -0.860. The zero-order chi connectivity index (χ0) is 13.2. The van der Waals surface area contributed by atoms with Crippen LogP contribution < -0.4 is 0 Å². The van der Waals surface area contributed by atoms with E-state index in [0.717, 1.165) is 17.5 Å². The molecule has 0 bridgehead atoms. The lowest BCUT2D eigenvalue weighted by Crippen LogP contribution is -2.17. The normalized spacial score (nSPS) is 16.6. The molecule has 0 N–H and O–H groups in total. The first-order valence-corrected chi connectivity index (χ1v) is 7.23. The first-order chi connectivity index (χ1) is 7.49. The predicted octanol–water partition coefficient (Wildman–Crippen LogP) is 3.92. The highest BCUT2D eigenvalue weighted by atomic mass is 32.5. The molecule has 0 aliphatic heterocycles. The van der Waals surface area contributed by atoms with E-state index < -0.39 is 22.5 Å². The Morgan fingerprint density at radius 1 is 1.24 bits per heavy atom. The molecule has 0 saturated carbocycles. The van der Waals surface area contributed by atoms with Crippen molar-refractivity contribution >= 4 is 10.2 Å². The Bertz CT molecular complexity index is 384. The van der Waals surface area contributed by atoms with Crippen LogP contribution in [0, 0.1) is 0 Å². The van der Waals surface area contributed by atoms with E-state index >= 15 is 0 Å². The van der Waals surface area contributed by atoms with E-state index in [1.807, 2.05) is 6.92 Å². The first-order valence-electron chi connectivity index (χ1n) is 5.11. The topological polar surface area (TPSA) is 30.7 Å². The summed E-state index contributed by atoms with van der Waals surface area (Å²) >= 11 is 0. The van der Waals surface area contributed by atoms with Crippen molar-refractivity contribution in [2.45, 2.75) is 32.7 Å². The maximum atomic E-state index is 12.0. The highest BCUT2D eigenvalue weighted by molar-refractivity contribution is 8.45. The lowest BCUT2D eigenvalue weighted by molar-refractivity contribution is 0.357. The maximum Gasteiger partial charge on any atom is 0.287 e. The molecule has 0 aliphatic carbocycles. The van der Waals surface area contributed by atoms with Crippen molar-refractivity contribution in [1.29, 1.82) is 0 Å². The average molecular weight is 279 g/mol. The van der Waals surface area contributed by atoms with Gasteiger partial charge in [-0.1, -0.05) is 38.0 Å². The molecular formula is C8H14F5N3S. The second kappa shape index (κ2) is 3.82. The Labute approximate surface area is 95.7 Å². The van der Waals surface area contributed by atoms with Crippen LogP contribution in [0.15, 0.2) is 6.20 Å². The number of halogens is 5. The molecule has 3 nitrogen and oxygen atoms in total. The molecule has 1 rings (SSSR count). The van der Waals surface area contributed by atoms with E-state index in [4.69, 9.17) is 0 Å². The highest BCUT2D eigenvalue weighted by Crippen LogP contribution is 2.97. The van der Waals surface area contributed by atoms with Gasteiger partial charge in [-0.3, -0.25) is 4.68 Å². The van der Waals surface area contributed by atoms with Crippen LogP contribution in [0.3, 0.4) is 0 Å². The molecule has 102 valence electrons. The second-order valence-corrected chi connectivity index (χ2v) is 6.58. The third-order valence-corrected chi connectivity index (χ3v) is 3.03. The third-order valence-electron chi connectivity index (χ3n) is 2.08. The fourth-order valence-corrected chi connectivity index (χ4v) is 1.72. The van der Waals surface area contributed by atoms with Crippen molar-refractivity contribution in [3.63, 3.8) is 0 Å². The summed E-state index contributed by atoms with van der Waals surface area (Å²) < 4.78 is 61.1. The van der Waals surface area contributed by atoms with Crippen molar-refractivity contribution < 1.29 is 19.4 Å². The van der Waals surface area contributed by atoms with Gasteiger partial charge in [-0.25, -0.2) is 0 Å². The van der Waals surface area contributed by atoms with Gasteiger partial charge in [0.25, 0.3) is 10.2 Å². The molecule has 0 atom stereocenters. The molecule has 0 aliphatic rings. The van der Waals surface area contributed by atoms with Crippen molar-refractivity contribution in [2.75, 3.05) is 5.75 Å². The molecule has 9 heteroatoms. The van der Waals surface area contributed by atoms with Crippen molar-refractivity contribution in [3.05, 3.63) is 11.9 Å². The number of aromatic nitrogens is 3. The predicted molar refractivity (Wildman–Crippen MR) is 56.6 cm³/mol. The van der Waals surface area contributed by atoms with Gasteiger partial charge < -0.3 is 0 Å². The molecular weight excluding hydrogens is 265 g/mol. The summed E-state index contributed by atoms with van der Waals surface area (Å²) in [4.78, 5) is 0. The quantitative estimate of drug-likeness (QED) is 0.739. The molecule has 0 saturated heterocycles. The van der Waals surface area contributed by atoms with E-state index in [0.29, 0.717) is 12.1 Å². The van der Waals surface area contributed by atoms with Gasteiger partial charge in [0.15, 0.2) is 0 Å². The van der Waals surface area contributed by atoms with Crippen molar-refractivity contribution in [2.24, 2.45) is 0 Å². The van der Waals surface area contributed by atoms with E-state index in [-0.39, 0.29) is 0 Å². The number of hydrogen-bond donors (Lipinski definition) is 0. The van der Waals surface area contributed by atoms with E-state index in [2.05, 4.69) is 10.3 Å². The highest BCUT2D eigenvalue weighted by Gasteiger charge is 2.62. The molecule has 17 heavy (non-hydrogen) atoms. The average Bonchev–Trinajstić information content (AvgIpc) is 2.56. The maximum absolute atomic E-state index is 12.0. The van der Waals surface area contributed by atoms with Gasteiger partial charge >= 0.3 is 0 Å². The Kier molecular flexibility index (Phi) is 3.19. The summed E-state index contributed by atoms with van der Waals surface area (Å²) in [7, 11) is -9.34. The Morgan fingerprint density at radius 3 is 2.41 bits per heavy atom. The van der Waals surface area contributed by atoms with Crippen LogP contribution in [0.4, 0.5) is 19.4 Å². The van der Waals surface area contributed by atoms with Gasteiger partial charge in [-0.2, -0.15) is 0 Å². The summed E-state index contributed by atoms with van der Waals surface area (Å²) in [5.41, 5.74) is 0.522. The molecule has 0 radical (unpaired) electrons. The lowest BCUT2D eigenvalue weighted by Gasteiger charge is -2.40. The summed E-state index contributed by atoms with van der Waals surface area (Å²) in [5.74, 6) is -2.14. The van der Waals surface area contributed by atoms with Crippen LogP contribution >= 0.6 is 10.2 Å². The molecule has 1 heterocycles. The van der Waals surface area contributed by atoms with E-state index in [1.54, 1.807) is 0 Å². The van der Waals surface area contributed by atoms with Gasteiger partial charge in [0.05, 0.1) is 12.2 Å². The molecule has 1 aromatic rings. The van der Waals surface area contributed by atoms with Gasteiger partial charge in [-0.05, 0) is 12.8 Å². The van der Waals surface area contributed by atoms with Crippen LogP contribution in [-0.2, 0) is 13.0 Å². The number of nitrogens with zero attached hydrogens (tertiary/aromatic N) is 3. The van der Waals surface area contributed by atoms with Crippen LogP contribution in [0.25, 0.3) is 0 Å². The summed E-state index contributed by atoms with van der Waals surface area (Å²) in [6, 6.07) is 0. The van der Waals surface area contributed by atoms with Crippen LogP contribution in [0.1, 0.15) is 25.5 Å². The van der Waals surface area contributed by atoms with Crippen LogP contribution in [0.2, 0.25) is 0 Å². The number of unbranched alkanes of at least 4 members (excludes halogenated alkanes) is 1. The minimum atomic E-state index is -9.34. The molecule has 1 aromatic heterocycles. The number of aryl methyl sites for hydroxylation is 2. The minimum absolute atomic E-state index is 0.522. The summed E-state index contributed by atoms with van der Waals surface area (Å²) in [5, 5.41) is 7.00. The molecule has 0 fully saturated rings. The van der Waals surface area contributed by atoms with E-state index in [9.17, 15) is 19.4 Å². The minimum Gasteiger partial charge on any atom is -0.251 e. The monoisotopic (exact) mass is 279 g/mol. The molecule has 0 amide bonds. The van der Waals surface area contributed by atoms with Crippen LogP contribution in [0.5, 0.6) is 0 Å². The zero-order valence-corrected chi connectivity index (χ0v) is 10.1. The van der Waals surface area contributed by atoms with Crippen molar-refractivity contribution in [3.8, 4) is 0 Å². The fourth-order valence-electron chi connectivity index (χ4n) is 1.19. The van der Waals surface area contributed by atoms with Gasteiger partial charge in [0, 0.05) is 6.20 Å². The second-order valence-electron chi connectivity index (χ2n) is 3.91. The Morgan fingerprint density at radius 2 is 1.88 bits per heavy atom. The van der Waals surface area contributed by atoms with Crippen molar-refractivity contribution in [1.82, 2.24) is 15.0 Å². The molecule has 0 unspecified atom stereocenters. The lowest BCUT2D eigenvalue weighted by atomic mass is 10.2. The van der Waals surface area contributed by atoms with Gasteiger partial charge in [-0.15, -0.1) is 5.10 Å². The smallest absolute Gasteiger partial charge is 0.251 e.